The molecule has 2 aliphatic heterocycles. The van der Waals surface area contributed by atoms with E-state index in [2.05, 4.69) is 64.5 Å². The zero-order valence-corrected chi connectivity index (χ0v) is 30.4. The maximum absolute atomic E-state index is 12.4. The van der Waals surface area contributed by atoms with Gasteiger partial charge in [-0.25, -0.2) is 0 Å². The highest BCUT2D eigenvalue weighted by molar-refractivity contribution is 5.72. The van der Waals surface area contributed by atoms with E-state index in [0.717, 1.165) is 32.7 Å². The molecule has 5 rings (SSSR count). The molecular weight excluding hydrogens is 564 g/mol. The van der Waals surface area contributed by atoms with Gasteiger partial charge in [0.15, 0.2) is 0 Å². The van der Waals surface area contributed by atoms with Gasteiger partial charge in [0.2, 0.25) is 0 Å². The molecule has 8 heteroatoms. The summed E-state index contributed by atoms with van der Waals surface area (Å²) < 4.78 is 11.7. The summed E-state index contributed by atoms with van der Waals surface area (Å²) in [6.07, 6.45) is 17.6. The van der Waals surface area contributed by atoms with Crippen molar-refractivity contribution in [3.63, 3.8) is 0 Å². The highest BCUT2D eigenvalue weighted by atomic mass is 16.5. The summed E-state index contributed by atoms with van der Waals surface area (Å²) in [5, 5.41) is 0. The van der Waals surface area contributed by atoms with Crippen molar-refractivity contribution < 1.29 is 19.1 Å². The Morgan fingerprint density at radius 1 is 0.867 bits per heavy atom. The summed E-state index contributed by atoms with van der Waals surface area (Å²) >= 11 is 0. The van der Waals surface area contributed by atoms with Crippen LogP contribution < -0.4 is 0 Å². The number of hydrogen-bond donors (Lipinski definition) is 0. The zero-order chi connectivity index (χ0) is 31.4. The van der Waals surface area contributed by atoms with Crippen LogP contribution >= 0.6 is 0 Å². The van der Waals surface area contributed by atoms with E-state index in [1.165, 1.54) is 38.5 Å². The number of carbonyl (C=O) groups excluding carboxylic acids is 2. The summed E-state index contributed by atoms with van der Waals surface area (Å²) in [7, 11) is 2.00. The Labute approximate surface area is 276 Å². The lowest BCUT2D eigenvalue weighted by molar-refractivity contribution is -0.158. The van der Waals surface area contributed by atoms with Gasteiger partial charge in [0.1, 0.15) is 25.3 Å². The van der Waals surface area contributed by atoms with Crippen LogP contribution in [-0.4, -0.2) is 83.8 Å². The highest BCUT2D eigenvalue weighted by Crippen LogP contribution is 2.66. The third-order valence-electron chi connectivity index (χ3n) is 11.5. The average molecular weight is 631 g/mol. The maximum Gasteiger partial charge on any atom is 0.325 e. The van der Waals surface area contributed by atoms with Crippen LogP contribution in [0, 0.1) is 49.4 Å². The van der Waals surface area contributed by atoms with E-state index >= 15 is 0 Å². The first kappa shape index (κ1) is 38.8. The van der Waals surface area contributed by atoms with E-state index in [4.69, 9.17) is 9.47 Å². The molecule has 5 aliphatic rings. The van der Waals surface area contributed by atoms with Crippen molar-refractivity contribution in [1.82, 2.24) is 19.6 Å². The lowest BCUT2D eigenvalue weighted by Crippen LogP contribution is -2.40. The predicted molar refractivity (Wildman–Crippen MR) is 184 cm³/mol. The van der Waals surface area contributed by atoms with Crippen molar-refractivity contribution in [2.45, 2.75) is 112 Å². The van der Waals surface area contributed by atoms with Gasteiger partial charge in [-0.1, -0.05) is 61.3 Å². The summed E-state index contributed by atoms with van der Waals surface area (Å²) in [6.45, 7) is 19.3. The smallest absolute Gasteiger partial charge is 0.325 e. The van der Waals surface area contributed by atoms with Crippen molar-refractivity contribution in [3.05, 3.63) is 39.7 Å². The van der Waals surface area contributed by atoms with Crippen LogP contribution in [0.2, 0.25) is 0 Å². The molecule has 2 bridgehead atoms. The number of nitrogens with zero attached hydrogens (tertiary/aromatic N) is 4. The van der Waals surface area contributed by atoms with Crippen molar-refractivity contribution in [3.8, 4) is 0 Å². The molecule has 0 aromatic heterocycles. The molecule has 3 aliphatic carbocycles. The van der Waals surface area contributed by atoms with E-state index in [1.54, 1.807) is 0 Å². The SMILES string of the molecule is CC(C)[C@@H]1CC[C@@H](C)C[C@H]1OC(=O)CN1C=CN(C)C1.CCCCN1C=CN(CC(=O)OC2CC3CCC2(C)C3(C)C)C1.[CH3-].[CH3-]. The van der Waals surface area contributed by atoms with Crippen LogP contribution in [0.1, 0.15) is 99.8 Å². The number of ether oxygens (including phenoxy) is 2. The van der Waals surface area contributed by atoms with Crippen molar-refractivity contribution in [2.24, 2.45) is 34.5 Å². The molecule has 260 valence electrons. The Morgan fingerprint density at radius 2 is 1.49 bits per heavy atom. The highest BCUT2D eigenvalue weighted by Gasteiger charge is 2.62. The van der Waals surface area contributed by atoms with Crippen molar-refractivity contribution in [1.29, 1.82) is 0 Å². The Balaban J connectivity index is 0.000000303. The van der Waals surface area contributed by atoms with E-state index in [-0.39, 0.29) is 44.4 Å². The lowest BCUT2D eigenvalue weighted by Gasteiger charge is -2.38. The molecule has 3 fully saturated rings. The predicted octanol–water partition coefficient (Wildman–Crippen LogP) is 7.16. The molecule has 0 spiro atoms. The molecule has 3 saturated carbocycles. The van der Waals surface area contributed by atoms with Crippen LogP contribution in [0.3, 0.4) is 0 Å². The van der Waals surface area contributed by atoms with E-state index in [9.17, 15) is 9.59 Å². The summed E-state index contributed by atoms with van der Waals surface area (Å²) in [5.41, 5.74) is 0.448. The number of rotatable bonds is 10. The average Bonchev–Trinajstić information content (AvgIpc) is 3.65. The van der Waals surface area contributed by atoms with Crippen molar-refractivity contribution >= 4 is 11.9 Å². The molecule has 6 atom stereocenters. The molecule has 45 heavy (non-hydrogen) atoms. The minimum Gasteiger partial charge on any atom is -0.461 e. The van der Waals surface area contributed by atoms with Crippen LogP contribution in [0.5, 0.6) is 0 Å². The second kappa shape index (κ2) is 16.4. The monoisotopic (exact) mass is 631 g/mol. The number of esters is 2. The van der Waals surface area contributed by atoms with Gasteiger partial charge in [-0.3, -0.25) is 9.59 Å². The Morgan fingerprint density at radius 3 is 2.04 bits per heavy atom. The molecule has 0 aromatic carbocycles. The van der Waals surface area contributed by atoms with Gasteiger partial charge in [0, 0.05) is 43.8 Å². The van der Waals surface area contributed by atoms with Crippen LogP contribution in [0.15, 0.2) is 24.8 Å². The molecule has 0 N–H and O–H groups in total. The number of fused-ring (bicyclic) bond motifs is 2. The lowest BCUT2D eigenvalue weighted by atomic mass is 9.70. The molecule has 8 nitrogen and oxygen atoms in total. The Kier molecular flexibility index (Phi) is 14.2. The fourth-order valence-electron chi connectivity index (χ4n) is 8.11. The van der Waals surface area contributed by atoms with E-state index in [1.807, 2.05) is 35.4 Å². The molecule has 0 amide bonds. The summed E-state index contributed by atoms with van der Waals surface area (Å²) in [4.78, 5) is 32.9. The second-order valence-electron chi connectivity index (χ2n) is 15.2. The van der Waals surface area contributed by atoms with Gasteiger partial charge in [0.25, 0.3) is 0 Å². The Hall–Kier alpha value is -2.38. The third kappa shape index (κ3) is 9.34. The molecule has 0 saturated heterocycles. The first-order valence-corrected chi connectivity index (χ1v) is 17.0. The van der Waals surface area contributed by atoms with Crippen LogP contribution in [0.25, 0.3) is 0 Å². The number of carbonyl (C=O) groups is 2. The molecule has 0 radical (unpaired) electrons. The number of unbranched alkanes of at least 4 members (excludes halogenated alkanes) is 1. The Bertz CT molecular complexity index is 1010. The first-order valence-electron chi connectivity index (χ1n) is 17.0. The van der Waals surface area contributed by atoms with Gasteiger partial charge in [-0.2, -0.15) is 0 Å². The maximum atomic E-state index is 12.4. The van der Waals surface area contributed by atoms with Crippen LogP contribution in [0.4, 0.5) is 0 Å². The standard InChI is InChI=1S/C19H32N2O2.C16H28N2O2.2CH3/c1-5-6-9-20-10-11-21(14-20)13-17(22)23-16-12-15-7-8-19(16,4)18(15,2)3;1-12(2)14-6-5-13(3)9-15(14)20-16(19)10-18-8-7-17(4)11-18;;/h10-11,15-16H,5-9,12-14H2,1-4H3;7-8,12-15H,5-6,9-11H2,1-4H3;2*1H3/q;;2*-1/t;13-,14+,15-;;/m.1../s1. The van der Waals surface area contributed by atoms with Crippen LogP contribution in [-0.2, 0) is 19.1 Å². The van der Waals surface area contributed by atoms with Gasteiger partial charge in [-0.05, 0) is 67.6 Å². The summed E-state index contributed by atoms with van der Waals surface area (Å²) in [6, 6.07) is 0. The topological polar surface area (TPSA) is 65.6 Å². The van der Waals surface area contributed by atoms with Gasteiger partial charge >= 0.3 is 11.9 Å². The largest absolute Gasteiger partial charge is 0.461 e. The normalized spacial score (nSPS) is 31.0. The summed E-state index contributed by atoms with van der Waals surface area (Å²) in [5.74, 6) is 2.32. The van der Waals surface area contributed by atoms with E-state index in [0.29, 0.717) is 42.2 Å². The van der Waals surface area contributed by atoms with Gasteiger partial charge in [0.05, 0.1) is 13.3 Å². The fraction of sp³-hybridized carbons (Fsp3) is 0.784. The quantitative estimate of drug-likeness (QED) is 0.186. The molecular formula is C37H66N4O4-2. The van der Waals surface area contributed by atoms with Crippen molar-refractivity contribution in [2.75, 3.05) is 40.0 Å². The first-order chi connectivity index (χ1) is 20.3. The third-order valence-corrected chi connectivity index (χ3v) is 11.5. The minimum absolute atomic E-state index is 0. The fourth-order valence-corrected chi connectivity index (χ4v) is 8.11. The molecule has 3 unspecified atom stereocenters. The molecule has 0 aromatic rings. The van der Waals surface area contributed by atoms with Gasteiger partial charge in [-0.15, -0.1) is 0 Å². The van der Waals surface area contributed by atoms with Gasteiger partial charge < -0.3 is 43.9 Å². The zero-order valence-electron chi connectivity index (χ0n) is 30.4. The second-order valence-corrected chi connectivity index (χ2v) is 15.2. The van der Waals surface area contributed by atoms with E-state index < -0.39 is 0 Å². The minimum atomic E-state index is -0.0882. The number of hydrogen-bond acceptors (Lipinski definition) is 8. The molecule has 2 heterocycles.